The molecule has 92 valence electrons. The summed E-state index contributed by atoms with van der Waals surface area (Å²) in [5, 5.41) is 3.55. The van der Waals surface area contributed by atoms with E-state index in [1.807, 2.05) is 12.3 Å². The molecule has 0 aliphatic carbocycles. The summed E-state index contributed by atoms with van der Waals surface area (Å²) >= 11 is 0. The first-order chi connectivity index (χ1) is 8.41. The van der Waals surface area contributed by atoms with E-state index in [9.17, 15) is 0 Å². The van der Waals surface area contributed by atoms with E-state index in [0.29, 0.717) is 6.61 Å². The first kappa shape index (κ1) is 11.1. The molecular formula is C13H18N2O2. The number of nitrogens with zero attached hydrogens (tertiary/aromatic N) is 1. The van der Waals surface area contributed by atoms with Crippen LogP contribution in [0.4, 0.5) is 0 Å². The molecule has 1 N–H and O–H groups in total. The lowest BCUT2D eigenvalue weighted by Crippen LogP contribution is -2.56. The molecule has 17 heavy (non-hydrogen) atoms. The average molecular weight is 234 g/mol. The molecule has 2 aliphatic rings. The molecular weight excluding hydrogens is 216 g/mol. The van der Waals surface area contributed by atoms with Gasteiger partial charge >= 0.3 is 0 Å². The molecule has 4 nitrogen and oxygen atoms in total. The van der Waals surface area contributed by atoms with Gasteiger partial charge in [0.15, 0.2) is 0 Å². The molecule has 2 saturated heterocycles. The van der Waals surface area contributed by atoms with Crippen LogP contribution in [-0.2, 0) is 9.47 Å². The third-order valence-corrected chi connectivity index (χ3v) is 3.62. The molecule has 0 amide bonds. The maximum atomic E-state index is 6.06. The highest BCUT2D eigenvalue weighted by Gasteiger charge is 2.44. The molecule has 0 bridgehead atoms. The third-order valence-electron chi connectivity index (χ3n) is 3.62. The molecule has 0 saturated carbocycles. The number of hydrogen-bond donors (Lipinski definition) is 1. The van der Waals surface area contributed by atoms with Crippen molar-refractivity contribution in [3.8, 4) is 0 Å². The molecule has 0 radical (unpaired) electrons. The predicted molar refractivity (Wildman–Crippen MR) is 63.7 cm³/mol. The number of pyridine rings is 1. The van der Waals surface area contributed by atoms with E-state index < -0.39 is 0 Å². The highest BCUT2D eigenvalue weighted by Crippen LogP contribution is 2.37. The van der Waals surface area contributed by atoms with Gasteiger partial charge in [-0.15, -0.1) is 0 Å². The fraction of sp³-hybridized carbons (Fsp3) is 0.615. The Balaban J connectivity index is 1.89. The van der Waals surface area contributed by atoms with E-state index in [1.165, 1.54) is 5.56 Å². The van der Waals surface area contributed by atoms with Crippen LogP contribution in [0.1, 0.15) is 24.4 Å². The van der Waals surface area contributed by atoms with E-state index >= 15 is 0 Å². The lowest BCUT2D eigenvalue weighted by Gasteiger charge is -2.46. The third kappa shape index (κ3) is 2.08. The Kier molecular flexibility index (Phi) is 3.09. The Labute approximate surface area is 101 Å². The zero-order valence-electron chi connectivity index (χ0n) is 9.89. The average Bonchev–Trinajstić information content (AvgIpc) is 2.41. The number of aromatic nitrogens is 1. The van der Waals surface area contributed by atoms with Crippen LogP contribution < -0.4 is 5.32 Å². The summed E-state index contributed by atoms with van der Waals surface area (Å²) in [4.78, 5) is 4.20. The number of morpholine rings is 1. The Morgan fingerprint density at radius 3 is 3.18 bits per heavy atom. The van der Waals surface area contributed by atoms with Crippen LogP contribution >= 0.6 is 0 Å². The highest BCUT2D eigenvalue weighted by molar-refractivity contribution is 5.20. The van der Waals surface area contributed by atoms with E-state index in [4.69, 9.17) is 9.47 Å². The fourth-order valence-corrected chi connectivity index (χ4v) is 2.83. The Bertz CT molecular complexity index is 355. The van der Waals surface area contributed by atoms with Gasteiger partial charge in [-0.3, -0.25) is 4.98 Å². The Morgan fingerprint density at radius 1 is 1.41 bits per heavy atom. The van der Waals surface area contributed by atoms with Crippen LogP contribution in [0.5, 0.6) is 0 Å². The molecule has 1 aromatic rings. The number of hydrogen-bond acceptors (Lipinski definition) is 4. The number of ether oxygens (including phenoxy) is 2. The number of nitrogens with one attached hydrogen (secondary N) is 1. The van der Waals surface area contributed by atoms with Crippen molar-refractivity contribution in [3.05, 3.63) is 30.1 Å². The van der Waals surface area contributed by atoms with E-state index in [-0.39, 0.29) is 11.6 Å². The van der Waals surface area contributed by atoms with Gasteiger partial charge in [0.05, 0.1) is 19.3 Å². The SMILES string of the molecule is c1cncc(C2NCCOC23CCCOC3)c1. The maximum absolute atomic E-state index is 6.06. The first-order valence-corrected chi connectivity index (χ1v) is 6.26. The van der Waals surface area contributed by atoms with Crippen molar-refractivity contribution >= 4 is 0 Å². The Morgan fingerprint density at radius 2 is 2.41 bits per heavy atom. The molecule has 2 atom stereocenters. The second-order valence-corrected chi connectivity index (χ2v) is 4.74. The quantitative estimate of drug-likeness (QED) is 0.795. The molecule has 3 heterocycles. The van der Waals surface area contributed by atoms with Crippen molar-refractivity contribution in [2.45, 2.75) is 24.5 Å². The molecule has 2 fully saturated rings. The zero-order chi connectivity index (χ0) is 11.6. The van der Waals surface area contributed by atoms with E-state index in [1.54, 1.807) is 6.20 Å². The van der Waals surface area contributed by atoms with Crippen molar-refractivity contribution in [3.63, 3.8) is 0 Å². The van der Waals surface area contributed by atoms with Gasteiger partial charge in [-0.2, -0.15) is 0 Å². The second kappa shape index (κ2) is 4.72. The lowest BCUT2D eigenvalue weighted by molar-refractivity contribution is -0.165. The van der Waals surface area contributed by atoms with Crippen molar-refractivity contribution in [1.29, 1.82) is 0 Å². The van der Waals surface area contributed by atoms with Gasteiger partial charge in [0.2, 0.25) is 0 Å². The molecule has 3 rings (SSSR count). The standard InChI is InChI=1S/C13H18N2O2/c1-3-11(9-14-5-1)12-13(17-8-6-15-12)4-2-7-16-10-13/h1,3,5,9,12,15H,2,4,6-8,10H2. The van der Waals surface area contributed by atoms with E-state index in [2.05, 4.69) is 16.4 Å². The predicted octanol–water partition coefficient (Wildman–Crippen LogP) is 1.29. The zero-order valence-corrected chi connectivity index (χ0v) is 9.89. The maximum Gasteiger partial charge on any atom is 0.111 e. The van der Waals surface area contributed by atoms with Gasteiger partial charge in [-0.05, 0) is 24.5 Å². The largest absolute Gasteiger partial charge is 0.378 e. The monoisotopic (exact) mass is 234 g/mol. The van der Waals surface area contributed by atoms with Crippen LogP contribution in [0.25, 0.3) is 0 Å². The van der Waals surface area contributed by atoms with Gasteiger partial charge in [-0.1, -0.05) is 6.07 Å². The summed E-state index contributed by atoms with van der Waals surface area (Å²) in [5.74, 6) is 0. The summed E-state index contributed by atoms with van der Waals surface area (Å²) < 4.78 is 11.7. The van der Waals surface area contributed by atoms with Crippen LogP contribution in [0.15, 0.2) is 24.5 Å². The summed E-state index contributed by atoms with van der Waals surface area (Å²) in [6.07, 6.45) is 5.85. The highest BCUT2D eigenvalue weighted by atomic mass is 16.5. The molecule has 4 heteroatoms. The Hall–Kier alpha value is -0.970. The summed E-state index contributed by atoms with van der Waals surface area (Å²) in [6.45, 7) is 3.19. The topological polar surface area (TPSA) is 43.4 Å². The van der Waals surface area contributed by atoms with Crippen LogP contribution in [0.3, 0.4) is 0 Å². The number of rotatable bonds is 1. The minimum Gasteiger partial charge on any atom is -0.378 e. The molecule has 2 aliphatic heterocycles. The summed E-state index contributed by atoms with van der Waals surface area (Å²) in [6, 6.07) is 4.28. The van der Waals surface area contributed by atoms with Crippen LogP contribution in [-0.4, -0.2) is 37.0 Å². The summed E-state index contributed by atoms with van der Waals surface area (Å²) in [7, 11) is 0. The van der Waals surface area contributed by atoms with Gasteiger partial charge in [0.25, 0.3) is 0 Å². The van der Waals surface area contributed by atoms with Crippen LogP contribution in [0.2, 0.25) is 0 Å². The van der Waals surface area contributed by atoms with Crippen molar-refractivity contribution in [2.24, 2.45) is 0 Å². The summed E-state index contributed by atoms with van der Waals surface area (Å²) in [5.41, 5.74) is 0.997. The van der Waals surface area contributed by atoms with Crippen LogP contribution in [0, 0.1) is 0 Å². The van der Waals surface area contributed by atoms with Crippen molar-refractivity contribution < 1.29 is 9.47 Å². The van der Waals surface area contributed by atoms with Gasteiger partial charge < -0.3 is 14.8 Å². The van der Waals surface area contributed by atoms with Crippen molar-refractivity contribution in [1.82, 2.24) is 10.3 Å². The van der Waals surface area contributed by atoms with Gasteiger partial charge in [-0.25, -0.2) is 0 Å². The normalized spacial score (nSPS) is 33.8. The lowest BCUT2D eigenvalue weighted by atomic mass is 9.83. The minimum absolute atomic E-state index is 0.195. The fourth-order valence-electron chi connectivity index (χ4n) is 2.83. The van der Waals surface area contributed by atoms with E-state index in [0.717, 1.165) is 32.6 Å². The molecule has 2 unspecified atom stereocenters. The molecule has 1 aromatic heterocycles. The smallest absolute Gasteiger partial charge is 0.111 e. The second-order valence-electron chi connectivity index (χ2n) is 4.74. The van der Waals surface area contributed by atoms with Gasteiger partial charge in [0, 0.05) is 25.5 Å². The molecule has 0 aromatic carbocycles. The van der Waals surface area contributed by atoms with Gasteiger partial charge in [0.1, 0.15) is 5.60 Å². The first-order valence-electron chi connectivity index (χ1n) is 6.26. The molecule has 1 spiro atoms. The van der Waals surface area contributed by atoms with Crippen molar-refractivity contribution in [2.75, 3.05) is 26.4 Å². The minimum atomic E-state index is -0.195.